The molecule has 1 saturated heterocycles. The van der Waals surface area contributed by atoms with E-state index in [-0.39, 0.29) is 29.9 Å². The zero-order chi connectivity index (χ0) is 22.4. The third kappa shape index (κ3) is 6.28. The molecule has 2 unspecified atom stereocenters. The summed E-state index contributed by atoms with van der Waals surface area (Å²) < 4.78 is 19.4. The summed E-state index contributed by atoms with van der Waals surface area (Å²) in [4.78, 5) is 18.4. The maximum atomic E-state index is 13.3. The number of hydrogen-bond donors (Lipinski definition) is 2. The molecular formula is C24H31FN4O2. The van der Waals surface area contributed by atoms with Gasteiger partial charge in [0.05, 0.1) is 12.6 Å². The zero-order valence-corrected chi connectivity index (χ0v) is 18.6. The van der Waals surface area contributed by atoms with E-state index in [1.807, 2.05) is 45.0 Å². The lowest BCUT2D eigenvalue weighted by atomic mass is 10.1. The molecule has 0 radical (unpaired) electrons. The van der Waals surface area contributed by atoms with Gasteiger partial charge in [0.15, 0.2) is 5.96 Å². The highest BCUT2D eigenvalue weighted by Gasteiger charge is 2.28. The number of anilines is 1. The van der Waals surface area contributed by atoms with Gasteiger partial charge >= 0.3 is 0 Å². The van der Waals surface area contributed by atoms with E-state index < -0.39 is 0 Å². The number of halogens is 1. The lowest BCUT2D eigenvalue weighted by Gasteiger charge is -2.38. The second kappa shape index (κ2) is 10.4. The lowest BCUT2D eigenvalue weighted by Crippen LogP contribution is -2.50. The largest absolute Gasteiger partial charge is 0.367 e. The second-order valence-corrected chi connectivity index (χ2v) is 8.13. The quantitative estimate of drug-likeness (QED) is 0.561. The Kier molecular flexibility index (Phi) is 7.63. The fourth-order valence-corrected chi connectivity index (χ4v) is 3.49. The Balaban J connectivity index is 1.60. The number of morpholine rings is 1. The van der Waals surface area contributed by atoms with Crippen LogP contribution in [0.3, 0.4) is 0 Å². The van der Waals surface area contributed by atoms with E-state index in [1.54, 1.807) is 19.2 Å². The molecule has 3 rings (SSSR count). The van der Waals surface area contributed by atoms with Gasteiger partial charge in [-0.05, 0) is 42.3 Å². The number of ether oxygens (including phenoxy) is 1. The van der Waals surface area contributed by atoms with Crippen LogP contribution in [0.15, 0.2) is 53.5 Å². The smallest absolute Gasteiger partial charge is 0.226 e. The first-order valence-corrected chi connectivity index (χ1v) is 10.6. The average molecular weight is 427 g/mol. The van der Waals surface area contributed by atoms with Gasteiger partial charge in [-0.25, -0.2) is 4.39 Å². The van der Waals surface area contributed by atoms with Crippen LogP contribution in [0.2, 0.25) is 0 Å². The van der Waals surface area contributed by atoms with Gasteiger partial charge in [-0.3, -0.25) is 9.79 Å². The molecule has 1 aliphatic heterocycles. The van der Waals surface area contributed by atoms with Crippen molar-refractivity contribution in [3.63, 3.8) is 0 Å². The maximum Gasteiger partial charge on any atom is 0.226 e. The van der Waals surface area contributed by atoms with Crippen LogP contribution in [0.4, 0.5) is 10.1 Å². The van der Waals surface area contributed by atoms with Crippen molar-refractivity contribution in [1.82, 2.24) is 10.2 Å². The fourth-order valence-electron chi connectivity index (χ4n) is 3.49. The predicted octanol–water partition coefficient (Wildman–Crippen LogP) is 3.96. The second-order valence-electron chi connectivity index (χ2n) is 8.13. The van der Waals surface area contributed by atoms with Crippen molar-refractivity contribution >= 4 is 17.6 Å². The minimum atomic E-state index is -0.253. The highest BCUT2D eigenvalue weighted by atomic mass is 19.1. The predicted molar refractivity (Wildman–Crippen MR) is 121 cm³/mol. The number of nitrogens with one attached hydrogen (secondary N) is 2. The molecule has 2 N–H and O–H groups in total. The molecule has 166 valence electrons. The van der Waals surface area contributed by atoms with E-state index in [0.29, 0.717) is 13.1 Å². The Bertz CT molecular complexity index is 897. The maximum absolute atomic E-state index is 13.3. The molecular weight excluding hydrogens is 395 g/mol. The molecule has 0 aromatic heterocycles. The van der Waals surface area contributed by atoms with E-state index >= 15 is 0 Å². The monoisotopic (exact) mass is 426 g/mol. The lowest BCUT2D eigenvalue weighted by molar-refractivity contribution is -0.118. The third-order valence-corrected chi connectivity index (χ3v) is 5.21. The van der Waals surface area contributed by atoms with Gasteiger partial charge in [-0.1, -0.05) is 38.1 Å². The van der Waals surface area contributed by atoms with Crippen LogP contribution in [-0.2, 0) is 16.1 Å². The van der Waals surface area contributed by atoms with Gasteiger partial charge in [-0.2, -0.15) is 0 Å². The van der Waals surface area contributed by atoms with Crippen LogP contribution >= 0.6 is 0 Å². The number of carbonyl (C=O) groups excluding carboxylic acids is 1. The van der Waals surface area contributed by atoms with Crippen molar-refractivity contribution in [3.8, 4) is 0 Å². The van der Waals surface area contributed by atoms with Crippen LogP contribution in [0.25, 0.3) is 0 Å². The molecule has 2 aromatic rings. The topological polar surface area (TPSA) is 66.0 Å². The zero-order valence-electron chi connectivity index (χ0n) is 18.6. The van der Waals surface area contributed by atoms with E-state index in [9.17, 15) is 9.18 Å². The highest BCUT2D eigenvalue weighted by molar-refractivity contribution is 5.92. The average Bonchev–Trinajstić information content (AvgIpc) is 2.75. The van der Waals surface area contributed by atoms with E-state index in [1.165, 1.54) is 12.1 Å². The first-order valence-electron chi connectivity index (χ1n) is 10.6. The molecule has 1 heterocycles. The molecule has 0 aliphatic carbocycles. The molecule has 1 amide bonds. The van der Waals surface area contributed by atoms with Gasteiger partial charge in [0, 0.05) is 31.7 Å². The summed E-state index contributed by atoms with van der Waals surface area (Å²) in [5, 5.41) is 6.30. The van der Waals surface area contributed by atoms with Crippen LogP contribution in [0.5, 0.6) is 0 Å². The van der Waals surface area contributed by atoms with Crippen LogP contribution in [0, 0.1) is 11.7 Å². The first-order chi connectivity index (χ1) is 14.9. The molecule has 1 aliphatic rings. The van der Waals surface area contributed by atoms with Crippen LogP contribution in [0.1, 0.15) is 38.0 Å². The summed E-state index contributed by atoms with van der Waals surface area (Å²) in [5.74, 6) is 0.485. The summed E-state index contributed by atoms with van der Waals surface area (Å²) in [6.45, 7) is 7.73. The van der Waals surface area contributed by atoms with E-state index in [4.69, 9.17) is 4.74 Å². The number of guanidine groups is 1. The van der Waals surface area contributed by atoms with Crippen molar-refractivity contribution < 1.29 is 13.9 Å². The molecule has 31 heavy (non-hydrogen) atoms. The molecule has 0 saturated carbocycles. The molecule has 6 nitrogen and oxygen atoms in total. The highest BCUT2D eigenvalue weighted by Crippen LogP contribution is 2.25. The Morgan fingerprint density at radius 2 is 1.84 bits per heavy atom. The molecule has 1 fully saturated rings. The summed E-state index contributed by atoms with van der Waals surface area (Å²) in [5.41, 5.74) is 2.82. The first kappa shape index (κ1) is 22.7. The van der Waals surface area contributed by atoms with E-state index in [2.05, 4.69) is 20.5 Å². The van der Waals surface area contributed by atoms with Crippen molar-refractivity contribution in [2.45, 2.75) is 39.5 Å². The molecule has 0 spiro atoms. The van der Waals surface area contributed by atoms with Crippen molar-refractivity contribution in [3.05, 3.63) is 65.5 Å². The van der Waals surface area contributed by atoms with Crippen LogP contribution < -0.4 is 10.6 Å². The third-order valence-electron chi connectivity index (χ3n) is 5.21. The minimum absolute atomic E-state index is 0.00317. The van der Waals surface area contributed by atoms with Crippen molar-refractivity contribution in [2.75, 3.05) is 25.5 Å². The van der Waals surface area contributed by atoms with Crippen LogP contribution in [-0.4, -0.2) is 43.0 Å². The Hall–Kier alpha value is -2.93. The molecule has 2 atom stereocenters. The van der Waals surface area contributed by atoms with Crippen molar-refractivity contribution in [1.29, 1.82) is 0 Å². The van der Waals surface area contributed by atoms with E-state index in [0.717, 1.165) is 29.3 Å². The summed E-state index contributed by atoms with van der Waals surface area (Å²) in [6.07, 6.45) is -0.127. The number of rotatable bonds is 5. The number of hydrogen-bond acceptors (Lipinski definition) is 3. The number of carbonyl (C=O) groups is 1. The summed E-state index contributed by atoms with van der Waals surface area (Å²) in [6, 6.07) is 14.2. The summed E-state index contributed by atoms with van der Waals surface area (Å²) in [7, 11) is 1.76. The van der Waals surface area contributed by atoms with Gasteiger partial charge in [0.25, 0.3) is 0 Å². The van der Waals surface area contributed by atoms with Crippen molar-refractivity contribution in [2.24, 2.45) is 10.9 Å². The van der Waals surface area contributed by atoms with Gasteiger partial charge in [0.1, 0.15) is 11.9 Å². The van der Waals surface area contributed by atoms with Gasteiger partial charge < -0.3 is 20.3 Å². The Morgan fingerprint density at radius 1 is 1.16 bits per heavy atom. The minimum Gasteiger partial charge on any atom is -0.367 e. The Labute approximate surface area is 183 Å². The Morgan fingerprint density at radius 3 is 2.45 bits per heavy atom. The number of aliphatic imine (C=N–C) groups is 1. The molecule has 0 bridgehead atoms. The van der Waals surface area contributed by atoms with Gasteiger partial charge in [-0.15, -0.1) is 0 Å². The number of amides is 1. The number of nitrogens with zero attached hydrogens (tertiary/aromatic N) is 2. The SMILES string of the molecule is CN=C(NCc1ccc(NC(=O)C(C)C)cc1)N1CC(C)OC(c2ccc(F)cc2)C1. The number of benzene rings is 2. The fraction of sp³-hybridized carbons (Fsp3) is 0.417. The van der Waals surface area contributed by atoms with Gasteiger partial charge in [0.2, 0.25) is 5.91 Å². The molecule has 2 aromatic carbocycles. The summed E-state index contributed by atoms with van der Waals surface area (Å²) >= 11 is 0. The molecule has 7 heteroatoms. The normalized spacial score (nSPS) is 19.4. The standard InChI is InChI=1S/C24H31FN4O2/c1-16(2)23(30)28-21-11-5-18(6-12-21)13-27-24(26-4)29-14-17(3)31-22(15-29)19-7-9-20(25)10-8-19/h5-12,16-17,22H,13-15H2,1-4H3,(H,26,27)(H,28,30).